The molecule has 4 rings (SSSR count). The molecule has 1 aliphatic rings. The Hall–Kier alpha value is -3.46. The first-order valence-corrected chi connectivity index (χ1v) is 11.7. The third kappa shape index (κ3) is 8.06. The van der Waals surface area contributed by atoms with E-state index in [9.17, 15) is 14.3 Å². The molecule has 8 heteroatoms. The van der Waals surface area contributed by atoms with Crippen molar-refractivity contribution in [3.05, 3.63) is 84.7 Å². The van der Waals surface area contributed by atoms with Crippen molar-refractivity contribution in [1.29, 1.82) is 0 Å². The summed E-state index contributed by atoms with van der Waals surface area (Å²) >= 11 is 0. The Morgan fingerprint density at radius 3 is 2.14 bits per heavy atom. The fraction of sp³-hybridized carbons (Fsp3) is 0.296. The molecule has 0 saturated carbocycles. The number of nitrogens with zero attached hydrogens (tertiary/aromatic N) is 2. The van der Waals surface area contributed by atoms with Crippen LogP contribution in [0.4, 0.5) is 10.1 Å². The summed E-state index contributed by atoms with van der Waals surface area (Å²) in [6.45, 7) is 3.95. The second kappa shape index (κ2) is 12.3. The third-order valence-electron chi connectivity index (χ3n) is 5.67. The molecule has 0 bridgehead atoms. The van der Waals surface area contributed by atoms with E-state index in [1.165, 1.54) is 12.1 Å². The van der Waals surface area contributed by atoms with Gasteiger partial charge in [0.15, 0.2) is 0 Å². The van der Waals surface area contributed by atoms with Gasteiger partial charge in [-0.15, -0.1) is 0 Å². The number of benzene rings is 3. The molecule has 3 aromatic rings. The summed E-state index contributed by atoms with van der Waals surface area (Å²) < 4.78 is 24.5. The number of rotatable bonds is 10. The Kier molecular flexibility index (Phi) is 8.67. The van der Waals surface area contributed by atoms with Gasteiger partial charge in [-0.25, -0.2) is 4.39 Å². The quantitative estimate of drug-likeness (QED) is 0.463. The summed E-state index contributed by atoms with van der Waals surface area (Å²) in [6.07, 6.45) is -0.622. The Balaban J connectivity index is 1.12. The van der Waals surface area contributed by atoms with Gasteiger partial charge in [-0.3, -0.25) is 14.6 Å². The maximum Gasteiger partial charge on any atom is 0.238 e. The lowest BCUT2D eigenvalue weighted by Crippen LogP contribution is -2.50. The molecule has 7 nitrogen and oxygen atoms in total. The molecule has 2 N–H and O–H groups in total. The third-order valence-corrected chi connectivity index (χ3v) is 5.67. The summed E-state index contributed by atoms with van der Waals surface area (Å²) in [4.78, 5) is 16.5. The van der Waals surface area contributed by atoms with Crippen molar-refractivity contribution in [3.63, 3.8) is 0 Å². The molecular formula is C27H30FN3O4. The summed E-state index contributed by atoms with van der Waals surface area (Å²) in [6, 6.07) is 22.6. The van der Waals surface area contributed by atoms with Gasteiger partial charge in [0.05, 0.1) is 6.54 Å². The van der Waals surface area contributed by atoms with Crippen LogP contribution in [-0.4, -0.2) is 72.8 Å². The fourth-order valence-electron chi connectivity index (χ4n) is 3.84. The van der Waals surface area contributed by atoms with Crippen LogP contribution in [0.25, 0.3) is 0 Å². The zero-order chi connectivity index (χ0) is 24.5. The summed E-state index contributed by atoms with van der Waals surface area (Å²) in [5.74, 6) is 1.69. The normalized spacial score (nSPS) is 15.4. The first kappa shape index (κ1) is 24.7. The summed E-state index contributed by atoms with van der Waals surface area (Å²) in [5.41, 5.74) is 0.580. The minimum Gasteiger partial charge on any atom is -0.491 e. The molecule has 0 radical (unpaired) electrons. The average molecular weight is 480 g/mol. The highest BCUT2D eigenvalue weighted by molar-refractivity contribution is 5.92. The first-order valence-electron chi connectivity index (χ1n) is 11.7. The van der Waals surface area contributed by atoms with Crippen LogP contribution in [0, 0.1) is 5.82 Å². The van der Waals surface area contributed by atoms with Crippen molar-refractivity contribution in [3.8, 4) is 17.2 Å². The van der Waals surface area contributed by atoms with E-state index in [4.69, 9.17) is 9.47 Å². The SMILES string of the molecule is O=C(CN1CCN(CC(O)COc2ccc(Oc3ccccc3)cc2)CC1)Nc1ccc(F)cc1. The Bertz CT molecular complexity index is 1060. The van der Waals surface area contributed by atoms with Gasteiger partial charge in [0.2, 0.25) is 5.91 Å². The average Bonchev–Trinajstić information content (AvgIpc) is 2.87. The second-order valence-electron chi connectivity index (χ2n) is 8.48. The van der Waals surface area contributed by atoms with Crippen molar-refractivity contribution in [2.24, 2.45) is 0 Å². The molecule has 35 heavy (non-hydrogen) atoms. The number of aliphatic hydroxyl groups excluding tert-OH is 1. The zero-order valence-electron chi connectivity index (χ0n) is 19.5. The van der Waals surface area contributed by atoms with E-state index in [1.807, 2.05) is 54.6 Å². The zero-order valence-corrected chi connectivity index (χ0v) is 19.5. The van der Waals surface area contributed by atoms with Crippen LogP contribution >= 0.6 is 0 Å². The number of aliphatic hydroxyl groups is 1. The molecule has 184 valence electrons. The number of nitrogens with one attached hydrogen (secondary N) is 1. The van der Waals surface area contributed by atoms with Gasteiger partial charge in [-0.05, 0) is 60.7 Å². The predicted molar refractivity (Wildman–Crippen MR) is 132 cm³/mol. The lowest BCUT2D eigenvalue weighted by Gasteiger charge is -2.35. The monoisotopic (exact) mass is 479 g/mol. The molecule has 1 aliphatic heterocycles. The standard InChI is InChI=1S/C27H30FN3O4/c28-21-6-8-22(9-7-21)29-27(33)19-31-16-14-30(15-17-31)18-23(32)20-34-24-10-12-26(13-11-24)35-25-4-2-1-3-5-25/h1-13,23,32H,14-20H2,(H,29,33). The van der Waals surface area contributed by atoms with Gasteiger partial charge in [0, 0.05) is 38.4 Å². The van der Waals surface area contributed by atoms with E-state index >= 15 is 0 Å². The first-order chi connectivity index (χ1) is 17.0. The van der Waals surface area contributed by atoms with Crippen LogP contribution in [0.15, 0.2) is 78.9 Å². The van der Waals surface area contributed by atoms with Gasteiger partial charge >= 0.3 is 0 Å². The van der Waals surface area contributed by atoms with Crippen LogP contribution in [0.5, 0.6) is 17.2 Å². The Morgan fingerprint density at radius 2 is 1.46 bits per heavy atom. The van der Waals surface area contributed by atoms with Crippen LogP contribution in [0.1, 0.15) is 0 Å². The number of carbonyl (C=O) groups excluding carboxylic acids is 1. The van der Waals surface area contributed by atoms with E-state index in [-0.39, 0.29) is 24.9 Å². The van der Waals surface area contributed by atoms with Gasteiger partial charge in [-0.1, -0.05) is 18.2 Å². The largest absolute Gasteiger partial charge is 0.491 e. The molecule has 1 heterocycles. The van der Waals surface area contributed by atoms with E-state index in [1.54, 1.807) is 12.1 Å². The summed E-state index contributed by atoms with van der Waals surface area (Å²) in [7, 11) is 0. The van der Waals surface area contributed by atoms with Crippen LogP contribution < -0.4 is 14.8 Å². The minimum absolute atomic E-state index is 0.126. The number of β-amino-alcohol motifs (C(OH)–C–C–N with tert-alkyl or cyclic N) is 1. The number of amides is 1. The van der Waals surface area contributed by atoms with Crippen molar-refractivity contribution >= 4 is 11.6 Å². The highest BCUT2D eigenvalue weighted by Gasteiger charge is 2.21. The Morgan fingerprint density at radius 1 is 0.857 bits per heavy atom. The highest BCUT2D eigenvalue weighted by Crippen LogP contribution is 2.23. The topological polar surface area (TPSA) is 74.3 Å². The minimum atomic E-state index is -0.622. The molecule has 1 atom stereocenters. The molecule has 0 aliphatic carbocycles. The van der Waals surface area contributed by atoms with Crippen molar-refractivity contribution in [2.45, 2.75) is 6.10 Å². The maximum atomic E-state index is 13.0. The van der Waals surface area contributed by atoms with Crippen molar-refractivity contribution < 1.29 is 23.8 Å². The number of carbonyl (C=O) groups is 1. The van der Waals surface area contributed by atoms with Crippen LogP contribution in [0.2, 0.25) is 0 Å². The van der Waals surface area contributed by atoms with E-state index in [0.717, 1.165) is 31.9 Å². The number of ether oxygens (including phenoxy) is 2. The molecule has 0 aromatic heterocycles. The molecule has 1 amide bonds. The number of anilines is 1. The molecule has 1 unspecified atom stereocenters. The second-order valence-corrected chi connectivity index (χ2v) is 8.48. The molecule has 0 spiro atoms. The molecule has 1 fully saturated rings. The number of hydrogen-bond acceptors (Lipinski definition) is 6. The lowest BCUT2D eigenvalue weighted by atomic mass is 10.2. The molecule has 1 saturated heterocycles. The lowest BCUT2D eigenvalue weighted by molar-refractivity contribution is -0.117. The molecular weight excluding hydrogens is 449 g/mol. The maximum absolute atomic E-state index is 13.0. The van der Waals surface area contributed by atoms with Gasteiger partial charge in [0.1, 0.15) is 35.8 Å². The van der Waals surface area contributed by atoms with Gasteiger partial charge in [-0.2, -0.15) is 0 Å². The predicted octanol–water partition coefficient (Wildman–Crippen LogP) is 3.61. The van der Waals surface area contributed by atoms with Crippen molar-refractivity contribution in [1.82, 2.24) is 9.80 Å². The van der Waals surface area contributed by atoms with E-state index in [0.29, 0.717) is 23.7 Å². The van der Waals surface area contributed by atoms with E-state index < -0.39 is 6.10 Å². The smallest absolute Gasteiger partial charge is 0.238 e. The number of hydrogen-bond donors (Lipinski definition) is 2. The fourth-order valence-corrected chi connectivity index (χ4v) is 3.84. The van der Waals surface area contributed by atoms with Crippen LogP contribution in [0.3, 0.4) is 0 Å². The summed E-state index contributed by atoms with van der Waals surface area (Å²) in [5, 5.41) is 13.2. The van der Waals surface area contributed by atoms with Gasteiger partial charge < -0.3 is 19.9 Å². The molecule has 3 aromatic carbocycles. The van der Waals surface area contributed by atoms with Gasteiger partial charge in [0.25, 0.3) is 0 Å². The number of halogens is 1. The highest BCUT2D eigenvalue weighted by atomic mass is 19.1. The van der Waals surface area contributed by atoms with Crippen molar-refractivity contribution in [2.75, 3.05) is 51.2 Å². The number of para-hydroxylation sites is 1. The van der Waals surface area contributed by atoms with Crippen LogP contribution in [-0.2, 0) is 4.79 Å². The Labute approximate surface area is 204 Å². The van der Waals surface area contributed by atoms with E-state index in [2.05, 4.69) is 15.1 Å². The number of piperazine rings is 1.